The summed E-state index contributed by atoms with van der Waals surface area (Å²) in [5.41, 5.74) is 0.359. The van der Waals surface area contributed by atoms with Gasteiger partial charge < -0.3 is 4.74 Å². The highest BCUT2D eigenvalue weighted by molar-refractivity contribution is 6.25. The van der Waals surface area contributed by atoms with E-state index in [-0.39, 0.29) is 5.97 Å². The summed E-state index contributed by atoms with van der Waals surface area (Å²) >= 11 is 0. The predicted octanol–water partition coefficient (Wildman–Crippen LogP) is 7.53. The van der Waals surface area contributed by atoms with Crippen LogP contribution in [-0.4, -0.2) is 5.97 Å². The Bertz CT molecular complexity index is 1360. The molecule has 6 rings (SSSR count). The molecule has 160 valence electrons. The number of rotatable bonds is 4. The van der Waals surface area contributed by atoms with E-state index in [4.69, 9.17) is 4.74 Å². The third kappa shape index (κ3) is 3.12. The van der Waals surface area contributed by atoms with Crippen LogP contribution in [0.1, 0.15) is 38.7 Å². The quantitative estimate of drug-likeness (QED) is 0.194. The fourth-order valence-electron chi connectivity index (χ4n) is 6.01. The Hall–Kier alpha value is -3.13. The minimum Gasteiger partial charge on any atom is -0.455 e. The Kier molecular flexibility index (Phi) is 4.40. The van der Waals surface area contributed by atoms with E-state index < -0.39 is 5.60 Å². The summed E-state index contributed by atoms with van der Waals surface area (Å²) in [4.78, 5) is 12.9. The molecule has 0 aliphatic heterocycles. The number of carbonyl (C=O) groups excluding carboxylic acids is 1. The van der Waals surface area contributed by atoms with Crippen molar-refractivity contribution in [3.05, 3.63) is 84.4 Å². The number of fused-ring (bicyclic) bond motifs is 8. The van der Waals surface area contributed by atoms with Gasteiger partial charge in [0.25, 0.3) is 0 Å². The molecule has 0 heterocycles. The number of hydrogen-bond donors (Lipinski definition) is 0. The molecule has 0 spiro atoms. The molecule has 2 nitrogen and oxygen atoms in total. The van der Waals surface area contributed by atoms with Crippen LogP contribution in [-0.2, 0) is 15.1 Å². The maximum atomic E-state index is 12.9. The predicted molar refractivity (Wildman–Crippen MR) is 132 cm³/mol. The Labute approximate surface area is 188 Å². The summed E-state index contributed by atoms with van der Waals surface area (Å²) in [7, 11) is 0. The van der Waals surface area contributed by atoms with Crippen molar-refractivity contribution < 1.29 is 9.53 Å². The largest absolute Gasteiger partial charge is 0.455 e. The van der Waals surface area contributed by atoms with Gasteiger partial charge in [-0.2, -0.15) is 0 Å². The first-order valence-corrected chi connectivity index (χ1v) is 11.7. The second-order valence-electron chi connectivity index (χ2n) is 10.1. The minimum atomic E-state index is -0.675. The normalized spacial score (nSPS) is 22.2. The Balaban J connectivity index is 1.37. The van der Waals surface area contributed by atoms with Crippen LogP contribution in [0.15, 0.2) is 78.9 Å². The van der Waals surface area contributed by atoms with Crippen LogP contribution < -0.4 is 0 Å². The zero-order chi connectivity index (χ0) is 21.9. The number of benzene rings is 4. The van der Waals surface area contributed by atoms with Crippen molar-refractivity contribution >= 4 is 38.3 Å². The zero-order valence-corrected chi connectivity index (χ0v) is 18.7. The van der Waals surface area contributed by atoms with Crippen molar-refractivity contribution in [1.82, 2.24) is 0 Å². The summed E-state index contributed by atoms with van der Waals surface area (Å²) in [5, 5.41) is 7.46. The van der Waals surface area contributed by atoms with Crippen molar-refractivity contribution in [3.8, 4) is 0 Å². The van der Waals surface area contributed by atoms with E-state index in [0.29, 0.717) is 24.2 Å². The third-order valence-electron chi connectivity index (χ3n) is 7.65. The highest BCUT2D eigenvalue weighted by atomic mass is 16.6. The first kappa shape index (κ1) is 19.5. The molecule has 0 radical (unpaired) electrons. The van der Waals surface area contributed by atoms with E-state index in [1.807, 2.05) is 13.8 Å². The van der Waals surface area contributed by atoms with Gasteiger partial charge in [-0.25, -0.2) is 0 Å². The van der Waals surface area contributed by atoms with Crippen LogP contribution in [0.2, 0.25) is 0 Å². The Morgan fingerprint density at radius 3 is 1.97 bits per heavy atom. The van der Waals surface area contributed by atoms with Gasteiger partial charge in [-0.05, 0) is 88.4 Å². The summed E-state index contributed by atoms with van der Waals surface area (Å²) in [6, 6.07) is 23.7. The SMILES string of the molecule is CC(C)(OC(=O)CC1CC2C=CC1C2)c1ccc2c3ccccc3c3ccccc3c2c1. The van der Waals surface area contributed by atoms with E-state index in [1.54, 1.807) is 0 Å². The lowest BCUT2D eigenvalue weighted by Crippen LogP contribution is -2.27. The number of hydrogen-bond acceptors (Lipinski definition) is 2. The molecule has 2 aliphatic carbocycles. The lowest BCUT2D eigenvalue weighted by Gasteiger charge is -2.28. The van der Waals surface area contributed by atoms with Gasteiger partial charge in [0.15, 0.2) is 0 Å². The number of esters is 1. The molecule has 1 fully saturated rings. The van der Waals surface area contributed by atoms with E-state index in [0.717, 1.165) is 12.0 Å². The molecule has 32 heavy (non-hydrogen) atoms. The van der Waals surface area contributed by atoms with E-state index in [1.165, 1.54) is 38.7 Å². The summed E-state index contributed by atoms with van der Waals surface area (Å²) in [6.45, 7) is 4.02. The highest BCUT2D eigenvalue weighted by Gasteiger charge is 2.38. The standard InChI is InChI=1S/C30H28O2/c1-30(2,32-29(31)17-21-16-19-11-12-20(21)15-19)22-13-14-27-25-9-4-3-7-23(25)24-8-5-6-10-26(24)28(27)18-22/h3-14,18-21H,15-17H2,1-2H3. The fourth-order valence-corrected chi connectivity index (χ4v) is 6.01. The first-order valence-electron chi connectivity index (χ1n) is 11.7. The topological polar surface area (TPSA) is 26.3 Å². The molecule has 2 bridgehead atoms. The third-order valence-corrected chi connectivity index (χ3v) is 7.65. The molecule has 0 aromatic heterocycles. The molecule has 2 heteroatoms. The first-order chi connectivity index (χ1) is 15.5. The summed E-state index contributed by atoms with van der Waals surface area (Å²) in [6.07, 6.45) is 7.49. The van der Waals surface area contributed by atoms with E-state index >= 15 is 0 Å². The molecule has 0 amide bonds. The van der Waals surface area contributed by atoms with Crippen LogP contribution in [0.4, 0.5) is 0 Å². The summed E-state index contributed by atoms with van der Waals surface area (Å²) in [5.74, 6) is 1.61. The van der Waals surface area contributed by atoms with Crippen LogP contribution >= 0.6 is 0 Å². The molecule has 1 saturated carbocycles. The molecule has 3 atom stereocenters. The van der Waals surface area contributed by atoms with Gasteiger partial charge in [-0.15, -0.1) is 0 Å². The Morgan fingerprint density at radius 1 is 0.812 bits per heavy atom. The highest BCUT2D eigenvalue weighted by Crippen LogP contribution is 2.45. The maximum absolute atomic E-state index is 12.9. The smallest absolute Gasteiger partial charge is 0.306 e. The lowest BCUT2D eigenvalue weighted by atomic mass is 9.89. The van der Waals surface area contributed by atoms with Gasteiger partial charge in [0.05, 0.1) is 0 Å². The van der Waals surface area contributed by atoms with Crippen LogP contribution in [0.3, 0.4) is 0 Å². The van der Waals surface area contributed by atoms with E-state index in [2.05, 4.69) is 78.9 Å². The number of carbonyl (C=O) groups is 1. The minimum absolute atomic E-state index is 0.0792. The Morgan fingerprint density at radius 2 is 1.41 bits per heavy atom. The van der Waals surface area contributed by atoms with Crippen molar-refractivity contribution in [2.75, 3.05) is 0 Å². The molecular formula is C30H28O2. The number of ether oxygens (including phenoxy) is 1. The molecule has 0 N–H and O–H groups in total. The van der Waals surface area contributed by atoms with Gasteiger partial charge >= 0.3 is 5.97 Å². The molecule has 4 aromatic rings. The second kappa shape index (κ2) is 7.20. The van der Waals surface area contributed by atoms with Crippen molar-refractivity contribution in [2.24, 2.45) is 17.8 Å². The van der Waals surface area contributed by atoms with Crippen molar-refractivity contribution in [2.45, 2.75) is 38.7 Å². The average molecular weight is 421 g/mol. The van der Waals surface area contributed by atoms with Gasteiger partial charge in [0.1, 0.15) is 5.60 Å². The zero-order valence-electron chi connectivity index (χ0n) is 18.7. The van der Waals surface area contributed by atoms with Gasteiger partial charge in [-0.3, -0.25) is 4.79 Å². The number of allylic oxidation sites excluding steroid dienone is 2. The molecule has 2 aliphatic rings. The molecule has 3 unspecified atom stereocenters. The van der Waals surface area contributed by atoms with Gasteiger partial charge in [0, 0.05) is 6.42 Å². The summed E-state index contributed by atoms with van der Waals surface area (Å²) < 4.78 is 6.08. The van der Waals surface area contributed by atoms with Crippen molar-refractivity contribution in [3.63, 3.8) is 0 Å². The lowest BCUT2D eigenvalue weighted by molar-refractivity contribution is -0.158. The van der Waals surface area contributed by atoms with E-state index in [9.17, 15) is 4.79 Å². The molecule has 0 saturated heterocycles. The molecular weight excluding hydrogens is 392 g/mol. The van der Waals surface area contributed by atoms with Crippen LogP contribution in [0, 0.1) is 17.8 Å². The van der Waals surface area contributed by atoms with Gasteiger partial charge in [0.2, 0.25) is 0 Å². The van der Waals surface area contributed by atoms with Crippen LogP contribution in [0.25, 0.3) is 32.3 Å². The fraction of sp³-hybridized carbons (Fsp3) is 0.300. The average Bonchev–Trinajstić information content (AvgIpc) is 3.42. The molecule has 4 aromatic carbocycles. The van der Waals surface area contributed by atoms with Crippen molar-refractivity contribution in [1.29, 1.82) is 0 Å². The van der Waals surface area contributed by atoms with Gasteiger partial charge in [-0.1, -0.05) is 72.8 Å². The maximum Gasteiger partial charge on any atom is 0.306 e. The van der Waals surface area contributed by atoms with Crippen LogP contribution in [0.5, 0.6) is 0 Å². The monoisotopic (exact) mass is 420 g/mol. The second-order valence-corrected chi connectivity index (χ2v) is 10.1.